The van der Waals surface area contributed by atoms with Gasteiger partial charge in [-0.05, 0) is 31.0 Å². The fraction of sp³-hybridized carbons (Fsp3) is 0.417. The van der Waals surface area contributed by atoms with Crippen LogP contribution in [-0.2, 0) is 0 Å². The monoisotopic (exact) mass is 230 g/mol. The number of carbonyl (C=O) groups is 1. The Kier molecular flexibility index (Phi) is 3.02. The summed E-state index contributed by atoms with van der Waals surface area (Å²) in [6.07, 6.45) is 0. The lowest BCUT2D eigenvalue weighted by Crippen LogP contribution is -2.52. The lowest BCUT2D eigenvalue weighted by atomic mass is 10.0. The van der Waals surface area contributed by atoms with E-state index in [-0.39, 0.29) is 11.9 Å². The standard InChI is InChI=1S/C12H14N4O/c1-8-3-4-11(9(2)5-8)12(17)16-6-10(7-16)14-15-13/h3-5,10H,6-7H2,1-2H3. The SMILES string of the molecule is Cc1ccc(C(=O)N2CC(N=[N+]=[N-])C2)c(C)c1. The molecule has 0 bridgehead atoms. The molecule has 1 aliphatic heterocycles. The molecule has 1 heterocycles. The van der Waals surface area contributed by atoms with Crippen LogP contribution in [0.5, 0.6) is 0 Å². The Morgan fingerprint density at radius 2 is 2.18 bits per heavy atom. The molecule has 0 atom stereocenters. The number of aryl methyl sites for hydroxylation is 2. The van der Waals surface area contributed by atoms with Crippen LogP contribution >= 0.6 is 0 Å². The van der Waals surface area contributed by atoms with Gasteiger partial charge >= 0.3 is 0 Å². The second-order valence-electron chi connectivity index (χ2n) is 4.39. The van der Waals surface area contributed by atoms with Crippen molar-refractivity contribution in [3.8, 4) is 0 Å². The van der Waals surface area contributed by atoms with E-state index in [2.05, 4.69) is 10.0 Å². The van der Waals surface area contributed by atoms with Gasteiger partial charge in [-0.25, -0.2) is 0 Å². The van der Waals surface area contributed by atoms with E-state index in [0.29, 0.717) is 13.1 Å². The van der Waals surface area contributed by atoms with Crippen LogP contribution in [0.3, 0.4) is 0 Å². The Hall–Kier alpha value is -2.00. The van der Waals surface area contributed by atoms with Crippen molar-refractivity contribution < 1.29 is 4.79 Å². The Labute approximate surface area is 99.7 Å². The van der Waals surface area contributed by atoms with Crippen LogP contribution in [0, 0.1) is 13.8 Å². The van der Waals surface area contributed by atoms with Gasteiger partial charge in [0.25, 0.3) is 5.91 Å². The molecule has 5 heteroatoms. The molecule has 17 heavy (non-hydrogen) atoms. The number of amides is 1. The Morgan fingerprint density at radius 3 is 2.76 bits per heavy atom. The van der Waals surface area contributed by atoms with Crippen LogP contribution < -0.4 is 0 Å². The zero-order valence-electron chi connectivity index (χ0n) is 9.92. The second kappa shape index (κ2) is 4.47. The number of likely N-dealkylation sites (tertiary alicyclic amines) is 1. The first-order valence-electron chi connectivity index (χ1n) is 5.52. The third-order valence-electron chi connectivity index (χ3n) is 2.98. The molecule has 1 fully saturated rings. The summed E-state index contributed by atoms with van der Waals surface area (Å²) in [5.74, 6) is 0.0203. The van der Waals surface area contributed by atoms with Gasteiger partial charge < -0.3 is 4.90 Å². The van der Waals surface area contributed by atoms with Gasteiger partial charge in [-0.2, -0.15) is 0 Å². The van der Waals surface area contributed by atoms with Gasteiger partial charge in [0.1, 0.15) is 0 Å². The Balaban J connectivity index is 2.09. The van der Waals surface area contributed by atoms with Crippen LogP contribution in [0.15, 0.2) is 23.3 Å². The molecule has 1 amide bonds. The first-order chi connectivity index (χ1) is 8.11. The topological polar surface area (TPSA) is 69.1 Å². The average Bonchev–Trinajstić information content (AvgIpc) is 2.22. The fourth-order valence-electron chi connectivity index (χ4n) is 1.99. The van der Waals surface area contributed by atoms with E-state index < -0.39 is 0 Å². The highest BCUT2D eigenvalue weighted by molar-refractivity contribution is 5.96. The normalized spacial score (nSPS) is 15.1. The maximum atomic E-state index is 12.1. The molecule has 1 aliphatic rings. The molecule has 0 saturated carbocycles. The summed E-state index contributed by atoms with van der Waals surface area (Å²) in [6, 6.07) is 5.73. The smallest absolute Gasteiger partial charge is 0.254 e. The lowest BCUT2D eigenvalue weighted by Gasteiger charge is -2.36. The largest absolute Gasteiger partial charge is 0.338 e. The van der Waals surface area contributed by atoms with Crippen molar-refractivity contribution in [3.63, 3.8) is 0 Å². The summed E-state index contributed by atoms with van der Waals surface area (Å²) in [5, 5.41) is 3.58. The number of hydrogen-bond acceptors (Lipinski definition) is 2. The van der Waals surface area contributed by atoms with E-state index in [4.69, 9.17) is 5.53 Å². The molecule has 0 aliphatic carbocycles. The molecule has 1 aromatic rings. The highest BCUT2D eigenvalue weighted by atomic mass is 16.2. The number of carbonyl (C=O) groups excluding carboxylic acids is 1. The van der Waals surface area contributed by atoms with Crippen molar-refractivity contribution in [2.24, 2.45) is 5.11 Å². The van der Waals surface area contributed by atoms with Crippen molar-refractivity contribution >= 4 is 5.91 Å². The molecule has 5 nitrogen and oxygen atoms in total. The molecule has 0 N–H and O–H groups in total. The van der Waals surface area contributed by atoms with E-state index in [9.17, 15) is 4.79 Å². The lowest BCUT2D eigenvalue weighted by molar-refractivity contribution is 0.0608. The molecule has 0 aromatic heterocycles. The molecule has 1 saturated heterocycles. The summed E-state index contributed by atoms with van der Waals surface area (Å²) in [5.41, 5.74) is 11.1. The van der Waals surface area contributed by atoms with E-state index in [0.717, 1.165) is 16.7 Å². The quantitative estimate of drug-likeness (QED) is 0.437. The van der Waals surface area contributed by atoms with E-state index in [1.165, 1.54) is 0 Å². The van der Waals surface area contributed by atoms with Gasteiger partial charge in [0.2, 0.25) is 0 Å². The summed E-state index contributed by atoms with van der Waals surface area (Å²) in [4.78, 5) is 16.5. The zero-order chi connectivity index (χ0) is 12.4. The number of azide groups is 1. The van der Waals surface area contributed by atoms with Crippen molar-refractivity contribution in [1.82, 2.24) is 4.90 Å². The van der Waals surface area contributed by atoms with Crippen molar-refractivity contribution in [2.75, 3.05) is 13.1 Å². The van der Waals surface area contributed by atoms with Crippen LogP contribution in [0.2, 0.25) is 0 Å². The minimum Gasteiger partial charge on any atom is -0.338 e. The van der Waals surface area contributed by atoms with Crippen LogP contribution in [-0.4, -0.2) is 29.9 Å². The van der Waals surface area contributed by atoms with Gasteiger partial charge in [0, 0.05) is 23.6 Å². The van der Waals surface area contributed by atoms with Crippen molar-refractivity contribution in [1.29, 1.82) is 0 Å². The number of nitrogens with zero attached hydrogens (tertiary/aromatic N) is 4. The Morgan fingerprint density at radius 1 is 1.47 bits per heavy atom. The first-order valence-corrected chi connectivity index (χ1v) is 5.52. The minimum absolute atomic E-state index is 0.0203. The van der Waals surface area contributed by atoms with E-state index >= 15 is 0 Å². The number of benzene rings is 1. The predicted octanol–water partition coefficient (Wildman–Crippen LogP) is 2.44. The second-order valence-corrected chi connectivity index (χ2v) is 4.39. The zero-order valence-corrected chi connectivity index (χ0v) is 9.92. The molecule has 0 unspecified atom stereocenters. The van der Waals surface area contributed by atoms with Gasteiger partial charge in [-0.3, -0.25) is 4.79 Å². The molecular weight excluding hydrogens is 216 g/mol. The third kappa shape index (κ3) is 2.24. The van der Waals surface area contributed by atoms with Gasteiger partial charge in [0.15, 0.2) is 0 Å². The first kappa shape index (κ1) is 11.5. The van der Waals surface area contributed by atoms with Crippen LogP contribution in [0.4, 0.5) is 0 Å². The average molecular weight is 230 g/mol. The van der Waals surface area contributed by atoms with Gasteiger partial charge in [0.05, 0.1) is 6.04 Å². The van der Waals surface area contributed by atoms with Crippen LogP contribution in [0.25, 0.3) is 10.4 Å². The maximum absolute atomic E-state index is 12.1. The molecule has 2 rings (SSSR count). The Bertz CT molecular complexity index is 499. The highest BCUT2D eigenvalue weighted by Crippen LogP contribution is 2.18. The van der Waals surface area contributed by atoms with Gasteiger partial charge in [-0.1, -0.05) is 22.8 Å². The summed E-state index contributed by atoms with van der Waals surface area (Å²) >= 11 is 0. The summed E-state index contributed by atoms with van der Waals surface area (Å²) in [6.45, 7) is 4.99. The molecular formula is C12H14N4O. The fourth-order valence-corrected chi connectivity index (χ4v) is 1.99. The molecule has 0 spiro atoms. The van der Waals surface area contributed by atoms with Crippen molar-refractivity contribution in [2.45, 2.75) is 19.9 Å². The molecule has 1 aromatic carbocycles. The van der Waals surface area contributed by atoms with E-state index in [1.54, 1.807) is 4.90 Å². The van der Waals surface area contributed by atoms with E-state index in [1.807, 2.05) is 32.0 Å². The van der Waals surface area contributed by atoms with Crippen LogP contribution in [0.1, 0.15) is 21.5 Å². The van der Waals surface area contributed by atoms with Crippen molar-refractivity contribution in [3.05, 3.63) is 45.3 Å². The summed E-state index contributed by atoms with van der Waals surface area (Å²) in [7, 11) is 0. The maximum Gasteiger partial charge on any atom is 0.254 e. The number of rotatable bonds is 2. The minimum atomic E-state index is -0.0605. The predicted molar refractivity (Wildman–Crippen MR) is 64.8 cm³/mol. The summed E-state index contributed by atoms with van der Waals surface area (Å²) < 4.78 is 0. The third-order valence-corrected chi connectivity index (χ3v) is 2.98. The molecule has 88 valence electrons. The van der Waals surface area contributed by atoms with Gasteiger partial charge in [-0.15, -0.1) is 0 Å². The molecule has 0 radical (unpaired) electrons. The highest BCUT2D eigenvalue weighted by Gasteiger charge is 2.30. The number of hydrogen-bond donors (Lipinski definition) is 0.